The van der Waals surface area contributed by atoms with Gasteiger partial charge in [-0.15, -0.1) is 0 Å². The molecule has 0 amide bonds. The molecule has 0 N–H and O–H groups in total. The number of nitrogens with zero attached hydrogens (tertiary/aromatic N) is 5. The Morgan fingerprint density at radius 1 is 0.227 bits per heavy atom. The van der Waals surface area contributed by atoms with Crippen LogP contribution in [0.15, 0.2) is 273 Å². The van der Waals surface area contributed by atoms with Gasteiger partial charge < -0.3 is 18.3 Å². The van der Waals surface area contributed by atoms with E-state index in [1.165, 1.54) is 143 Å². The molecule has 2 aliphatic carbocycles. The van der Waals surface area contributed by atoms with Crippen LogP contribution in [0.2, 0.25) is 0 Å². The van der Waals surface area contributed by atoms with Crippen LogP contribution in [0.25, 0.3) is 154 Å². The maximum Gasteiger partial charge on any atom is 0.0666 e. The zero-order valence-corrected chi connectivity index (χ0v) is 49.2. The van der Waals surface area contributed by atoms with Crippen molar-refractivity contribution in [1.29, 1.82) is 0 Å². The molecule has 0 fully saturated rings. The first-order valence-electron chi connectivity index (χ1n) is 30.7. The summed E-state index contributed by atoms with van der Waals surface area (Å²) in [5.41, 5.74) is 29.2. The predicted molar refractivity (Wildman–Crippen MR) is 368 cm³/mol. The highest BCUT2D eigenvalue weighted by Crippen LogP contribution is 2.52. The summed E-state index contributed by atoms with van der Waals surface area (Å²) >= 11 is 0. The first-order valence-corrected chi connectivity index (χ1v) is 30.7. The molecule has 5 heteroatoms. The lowest BCUT2D eigenvalue weighted by Crippen LogP contribution is -2.15. The minimum absolute atomic E-state index is 0.0884. The molecule has 2 aliphatic rings. The van der Waals surface area contributed by atoms with E-state index in [9.17, 15) is 0 Å². The molecule has 0 bridgehead atoms. The third kappa shape index (κ3) is 6.73. The summed E-state index contributed by atoms with van der Waals surface area (Å²) in [6, 6.07) is 97.6. The first-order chi connectivity index (χ1) is 43.2. The van der Waals surface area contributed by atoms with Crippen LogP contribution in [0, 0.1) is 0 Å². The van der Waals surface area contributed by atoms with Gasteiger partial charge in [0.1, 0.15) is 0 Å². The summed E-state index contributed by atoms with van der Waals surface area (Å²) in [4.78, 5) is 5.03. The third-order valence-electron chi connectivity index (χ3n) is 20.2. The Bertz CT molecular complexity index is 5530. The van der Waals surface area contributed by atoms with E-state index in [2.05, 4.69) is 307 Å². The van der Waals surface area contributed by atoms with Crippen LogP contribution in [0.3, 0.4) is 0 Å². The lowest BCUT2D eigenvalue weighted by molar-refractivity contribution is 0.660. The molecule has 0 radical (unpaired) electrons. The van der Waals surface area contributed by atoms with Gasteiger partial charge in [-0.25, -0.2) is 0 Å². The van der Waals surface area contributed by atoms with E-state index in [1.54, 1.807) is 0 Å². The Morgan fingerprint density at radius 3 is 0.864 bits per heavy atom. The van der Waals surface area contributed by atoms with Crippen molar-refractivity contribution >= 4 is 87.2 Å². The number of pyridine rings is 1. The van der Waals surface area contributed by atoms with E-state index in [0.29, 0.717) is 0 Å². The van der Waals surface area contributed by atoms with Gasteiger partial charge in [0.15, 0.2) is 0 Å². The Morgan fingerprint density at radius 2 is 0.511 bits per heavy atom. The number of hydrogen-bond donors (Lipinski definition) is 0. The van der Waals surface area contributed by atoms with Gasteiger partial charge in [-0.3, -0.25) is 4.98 Å². The molecule has 0 saturated heterocycles. The van der Waals surface area contributed by atoms with Crippen LogP contribution >= 0.6 is 0 Å². The zero-order chi connectivity index (χ0) is 58.3. The van der Waals surface area contributed by atoms with Gasteiger partial charge in [0.25, 0.3) is 0 Å². The summed E-state index contributed by atoms with van der Waals surface area (Å²) < 4.78 is 9.70. The molecule has 88 heavy (non-hydrogen) atoms. The highest BCUT2D eigenvalue weighted by molar-refractivity contribution is 6.15. The smallest absolute Gasteiger partial charge is 0.0666 e. The van der Waals surface area contributed by atoms with Gasteiger partial charge in [0, 0.05) is 65.3 Å². The van der Waals surface area contributed by atoms with Crippen LogP contribution in [0.4, 0.5) is 0 Å². The second kappa shape index (κ2) is 17.8. The summed E-state index contributed by atoms with van der Waals surface area (Å²) in [6.45, 7) is 9.45. The van der Waals surface area contributed by atoms with Gasteiger partial charge in [0.05, 0.1) is 67.9 Å². The Labute approximate surface area is 508 Å². The van der Waals surface area contributed by atoms with Crippen molar-refractivity contribution in [2.24, 2.45) is 0 Å². The van der Waals surface area contributed by atoms with Crippen LogP contribution in [0.1, 0.15) is 49.9 Å². The minimum atomic E-state index is -0.0884. The van der Waals surface area contributed by atoms with E-state index in [0.717, 1.165) is 33.4 Å². The molecule has 0 aliphatic heterocycles. The summed E-state index contributed by atoms with van der Waals surface area (Å²) in [5, 5.41) is 9.79. The molecule has 17 aromatic rings. The standard InChI is InChI=1S/C83H57N5/c1-82(2)70-23-11-5-17-58(70)60-35-33-54(46-72(60)82)85-74-25-13-7-19-62(74)66-41-50(29-37-78(66)85)52-31-39-80-68(43-52)64-21-9-15-27-76(64)87(80)56-45-57(49-84-48-56)88-77-28-16-10-22-65(77)69-44-53(32-40-81(69)88)51-30-38-79-67(42-51)63-20-8-14-26-75(63)86(79)55-34-36-61-59-18-6-12-24-71(59)83(3,4)73(61)47-55/h5-49H,1-4H3. The lowest BCUT2D eigenvalue weighted by atomic mass is 9.82. The van der Waals surface area contributed by atoms with Crippen molar-refractivity contribution in [2.75, 3.05) is 0 Å². The van der Waals surface area contributed by atoms with E-state index in [4.69, 9.17) is 4.98 Å². The fourth-order valence-corrected chi connectivity index (χ4v) is 16.0. The summed E-state index contributed by atoms with van der Waals surface area (Å²) in [6.07, 6.45) is 4.02. The van der Waals surface area contributed by atoms with Crippen LogP contribution in [-0.4, -0.2) is 23.3 Å². The van der Waals surface area contributed by atoms with Crippen LogP contribution in [0.5, 0.6) is 0 Å². The number of benzene rings is 12. The zero-order valence-electron chi connectivity index (χ0n) is 49.2. The van der Waals surface area contributed by atoms with E-state index in [1.807, 2.05) is 12.4 Å². The summed E-state index contributed by atoms with van der Waals surface area (Å²) in [5.74, 6) is 0. The highest BCUT2D eigenvalue weighted by atomic mass is 15.0. The molecule has 19 rings (SSSR count). The SMILES string of the molecule is CC1(C)c2ccccc2-c2ccc(-n3c4ccccc4c4cc(-c5ccc6c(c5)c5ccccc5n6-c5cncc(-n6c7ccccc7c7cc(-c8ccc9c(c8)c8ccccc8n9-c8ccc9c(c8)C(C)(C)c8ccccc8-9)ccc76)c5)ccc43)cc21. The number of fused-ring (bicyclic) bond motifs is 18. The third-order valence-corrected chi connectivity index (χ3v) is 20.2. The quantitative estimate of drug-likeness (QED) is 0.163. The molecule has 5 heterocycles. The number of para-hydroxylation sites is 4. The van der Waals surface area contributed by atoms with Crippen LogP contribution < -0.4 is 0 Å². The van der Waals surface area contributed by atoms with E-state index in [-0.39, 0.29) is 10.8 Å². The normalized spacial score (nSPS) is 13.9. The van der Waals surface area contributed by atoms with Crippen molar-refractivity contribution in [1.82, 2.24) is 23.3 Å². The maximum atomic E-state index is 5.03. The molecule has 0 atom stereocenters. The molecule has 0 unspecified atom stereocenters. The molecule has 0 saturated carbocycles. The topological polar surface area (TPSA) is 32.6 Å². The maximum absolute atomic E-state index is 5.03. The molecular formula is C83H57N5. The van der Waals surface area contributed by atoms with E-state index >= 15 is 0 Å². The monoisotopic (exact) mass is 1120 g/mol. The van der Waals surface area contributed by atoms with Gasteiger partial charge in [-0.2, -0.15) is 0 Å². The van der Waals surface area contributed by atoms with Crippen molar-refractivity contribution < 1.29 is 0 Å². The fraction of sp³-hybridized carbons (Fsp3) is 0.0723. The van der Waals surface area contributed by atoms with Crippen LogP contribution in [-0.2, 0) is 10.8 Å². The average molecular weight is 1120 g/mol. The molecule has 414 valence electrons. The molecule has 5 aromatic heterocycles. The second-order valence-corrected chi connectivity index (χ2v) is 25.5. The second-order valence-electron chi connectivity index (χ2n) is 25.5. The van der Waals surface area contributed by atoms with Crippen molar-refractivity contribution in [3.8, 4) is 67.3 Å². The molecule has 0 spiro atoms. The Balaban J connectivity index is 0.690. The van der Waals surface area contributed by atoms with Crippen molar-refractivity contribution in [2.45, 2.75) is 38.5 Å². The fourth-order valence-electron chi connectivity index (χ4n) is 16.0. The predicted octanol–water partition coefficient (Wildman–Crippen LogP) is 21.4. The van der Waals surface area contributed by atoms with Gasteiger partial charge in [-0.05, 0) is 170 Å². The molecule has 5 nitrogen and oxygen atoms in total. The Hall–Kier alpha value is -11.0. The van der Waals surface area contributed by atoms with Gasteiger partial charge in [-0.1, -0.05) is 185 Å². The Kier molecular flexibility index (Phi) is 9.96. The van der Waals surface area contributed by atoms with Gasteiger partial charge >= 0.3 is 0 Å². The molecular weight excluding hydrogens is 1070 g/mol. The largest absolute Gasteiger partial charge is 0.309 e. The lowest BCUT2D eigenvalue weighted by Gasteiger charge is -2.22. The van der Waals surface area contributed by atoms with Crippen molar-refractivity contribution in [3.05, 3.63) is 296 Å². The number of hydrogen-bond acceptors (Lipinski definition) is 1. The average Bonchev–Trinajstić information content (AvgIpc) is 1.78. The number of rotatable bonds is 6. The minimum Gasteiger partial charge on any atom is -0.309 e. The number of aromatic nitrogens is 5. The highest BCUT2D eigenvalue weighted by Gasteiger charge is 2.37. The van der Waals surface area contributed by atoms with E-state index < -0.39 is 0 Å². The van der Waals surface area contributed by atoms with Gasteiger partial charge in [0.2, 0.25) is 0 Å². The summed E-state index contributed by atoms with van der Waals surface area (Å²) in [7, 11) is 0. The van der Waals surface area contributed by atoms with Crippen molar-refractivity contribution in [3.63, 3.8) is 0 Å². The molecule has 12 aromatic carbocycles. The first kappa shape index (κ1) is 49.3.